The lowest BCUT2D eigenvalue weighted by Crippen LogP contribution is -2.72. The molecule has 2 saturated heterocycles. The first-order valence-electron chi connectivity index (χ1n) is 8.42. The summed E-state index contributed by atoms with van der Waals surface area (Å²) >= 11 is 0. The van der Waals surface area contributed by atoms with Crippen molar-refractivity contribution in [2.45, 2.75) is 24.8 Å². The van der Waals surface area contributed by atoms with Gasteiger partial charge in [-0.2, -0.15) is 0 Å². The van der Waals surface area contributed by atoms with Crippen molar-refractivity contribution >= 4 is 11.7 Å². The number of hydrogen-bond donors (Lipinski definition) is 2. The summed E-state index contributed by atoms with van der Waals surface area (Å²) in [5, 5.41) is 13.5. The first kappa shape index (κ1) is 14.1. The second-order valence-corrected chi connectivity index (χ2v) is 7.18. The number of aromatic hydroxyl groups is 1. The zero-order valence-electron chi connectivity index (χ0n) is 13.8. The van der Waals surface area contributed by atoms with Gasteiger partial charge in [-0.3, -0.25) is 4.90 Å². The number of rotatable bonds is 1. The average molecular weight is 324 g/mol. The van der Waals surface area contributed by atoms with Crippen LogP contribution in [-0.4, -0.2) is 42.2 Å². The van der Waals surface area contributed by atoms with Crippen LogP contribution in [0.4, 0.5) is 5.69 Å². The quantitative estimate of drug-likeness (QED) is 0.471. The van der Waals surface area contributed by atoms with E-state index in [1.807, 2.05) is 19.1 Å². The van der Waals surface area contributed by atoms with Crippen LogP contribution in [0.25, 0.3) is 0 Å². The number of esters is 1. The van der Waals surface area contributed by atoms with E-state index in [4.69, 9.17) is 4.74 Å². The lowest BCUT2D eigenvalue weighted by molar-refractivity contribution is -0.138. The first-order valence-corrected chi connectivity index (χ1v) is 8.42. The molecule has 1 aromatic rings. The number of allylic oxidation sites excluding steroid dienone is 1. The minimum absolute atomic E-state index is 0.127. The van der Waals surface area contributed by atoms with E-state index in [1.165, 1.54) is 12.7 Å². The second-order valence-electron chi connectivity index (χ2n) is 7.18. The molecule has 2 fully saturated rings. The fourth-order valence-corrected chi connectivity index (χ4v) is 5.30. The molecule has 0 unspecified atom stereocenters. The fraction of sp³-hybridized carbons (Fsp3) is 0.421. The number of ether oxygens (including phenoxy) is 1. The van der Waals surface area contributed by atoms with Gasteiger partial charge in [0.25, 0.3) is 0 Å². The standard InChI is InChI=1S/C19H20N2O3/c1-3-10-8-21-9-19-13-6-11(22)4-5-14(13)20-17(19)16(18(23)24-2)12(10)7-15(19)21/h3-6,12,15,20,22H,7-9H2,1-2H3/t12-,15-,19+/m0/s1. The van der Waals surface area contributed by atoms with Gasteiger partial charge in [0, 0.05) is 36.4 Å². The van der Waals surface area contributed by atoms with Gasteiger partial charge in [0.1, 0.15) is 5.75 Å². The van der Waals surface area contributed by atoms with Crippen molar-refractivity contribution in [1.82, 2.24) is 4.90 Å². The second kappa shape index (κ2) is 4.42. The molecule has 0 amide bonds. The lowest BCUT2D eigenvalue weighted by atomic mass is 9.55. The molecule has 2 bridgehead atoms. The predicted octanol–water partition coefficient (Wildman–Crippen LogP) is 2.15. The molecule has 124 valence electrons. The Morgan fingerprint density at radius 2 is 2.33 bits per heavy atom. The maximum atomic E-state index is 12.6. The summed E-state index contributed by atoms with van der Waals surface area (Å²) in [5.41, 5.74) is 4.98. The van der Waals surface area contributed by atoms with Gasteiger partial charge in [-0.25, -0.2) is 4.79 Å². The molecule has 5 nitrogen and oxygen atoms in total. The number of carbonyl (C=O) groups excluding carboxylic acids is 1. The van der Waals surface area contributed by atoms with Crippen LogP contribution in [0.15, 0.2) is 41.1 Å². The molecule has 2 N–H and O–H groups in total. The Kier molecular flexibility index (Phi) is 2.60. The largest absolute Gasteiger partial charge is 0.508 e. The highest BCUT2D eigenvalue weighted by Gasteiger charge is 2.66. The Hall–Kier alpha value is -2.27. The smallest absolute Gasteiger partial charge is 0.336 e. The van der Waals surface area contributed by atoms with Crippen LogP contribution in [-0.2, 0) is 14.9 Å². The summed E-state index contributed by atoms with van der Waals surface area (Å²) in [4.78, 5) is 15.1. The SMILES string of the molecule is CC=C1CN2C[C@]34C(=C(C(=O)OC)[C@H]1C[C@H]23)Nc1ccc(O)cc14. The van der Waals surface area contributed by atoms with Crippen LogP contribution < -0.4 is 5.32 Å². The maximum Gasteiger partial charge on any atom is 0.336 e. The van der Waals surface area contributed by atoms with E-state index in [0.717, 1.165) is 42.0 Å². The number of anilines is 1. The third-order valence-electron chi connectivity index (χ3n) is 6.34. The average Bonchev–Trinajstić information content (AvgIpc) is 2.89. The number of nitrogens with one attached hydrogen (secondary N) is 1. The Morgan fingerprint density at radius 1 is 1.50 bits per heavy atom. The molecule has 24 heavy (non-hydrogen) atoms. The van der Waals surface area contributed by atoms with Gasteiger partial charge in [0.15, 0.2) is 0 Å². The van der Waals surface area contributed by atoms with Crippen LogP contribution in [0.1, 0.15) is 18.9 Å². The van der Waals surface area contributed by atoms with Crippen LogP contribution in [0.5, 0.6) is 5.75 Å². The number of phenolic OH excluding ortho intramolecular Hbond substituents is 1. The molecule has 4 aliphatic rings. The summed E-state index contributed by atoms with van der Waals surface area (Å²) in [7, 11) is 1.45. The van der Waals surface area contributed by atoms with Crippen LogP contribution >= 0.6 is 0 Å². The van der Waals surface area contributed by atoms with E-state index in [9.17, 15) is 9.90 Å². The van der Waals surface area contributed by atoms with Crippen molar-refractivity contribution in [3.63, 3.8) is 0 Å². The number of hydrogen-bond acceptors (Lipinski definition) is 5. The number of phenols is 1. The van der Waals surface area contributed by atoms with Crippen LogP contribution in [0, 0.1) is 5.92 Å². The third-order valence-corrected chi connectivity index (χ3v) is 6.34. The number of benzene rings is 1. The molecule has 0 saturated carbocycles. The molecular weight excluding hydrogens is 304 g/mol. The van der Waals surface area contributed by atoms with E-state index in [1.54, 1.807) is 6.07 Å². The molecule has 0 radical (unpaired) electrons. The monoisotopic (exact) mass is 324 g/mol. The Bertz CT molecular complexity index is 841. The van der Waals surface area contributed by atoms with E-state index >= 15 is 0 Å². The number of methoxy groups -OCH3 is 1. The molecule has 3 heterocycles. The zero-order chi connectivity index (χ0) is 16.6. The van der Waals surface area contributed by atoms with Crippen molar-refractivity contribution in [2.24, 2.45) is 5.92 Å². The molecule has 0 aromatic heterocycles. The first-order chi connectivity index (χ1) is 11.6. The molecule has 5 rings (SSSR count). The van der Waals surface area contributed by atoms with Crippen molar-refractivity contribution in [1.29, 1.82) is 0 Å². The van der Waals surface area contributed by atoms with Crippen molar-refractivity contribution in [3.8, 4) is 5.75 Å². The maximum absolute atomic E-state index is 12.6. The minimum Gasteiger partial charge on any atom is -0.508 e. The van der Waals surface area contributed by atoms with Gasteiger partial charge in [0.05, 0.1) is 18.1 Å². The van der Waals surface area contributed by atoms with Crippen LogP contribution in [0.3, 0.4) is 0 Å². The minimum atomic E-state index is -0.239. The van der Waals surface area contributed by atoms with Crippen molar-refractivity contribution in [3.05, 3.63) is 46.7 Å². The van der Waals surface area contributed by atoms with Gasteiger partial charge < -0.3 is 15.2 Å². The van der Waals surface area contributed by atoms with Crippen LogP contribution in [0.2, 0.25) is 0 Å². The Balaban J connectivity index is 1.79. The highest BCUT2D eigenvalue weighted by molar-refractivity contribution is 5.94. The van der Waals surface area contributed by atoms with Gasteiger partial charge >= 0.3 is 5.97 Å². The number of carbonyl (C=O) groups is 1. The van der Waals surface area contributed by atoms with Crippen molar-refractivity contribution in [2.75, 3.05) is 25.5 Å². The van der Waals surface area contributed by atoms with Gasteiger partial charge in [-0.15, -0.1) is 0 Å². The van der Waals surface area contributed by atoms with Gasteiger partial charge in [-0.1, -0.05) is 11.6 Å². The molecule has 1 aliphatic carbocycles. The summed E-state index contributed by atoms with van der Waals surface area (Å²) in [6.07, 6.45) is 3.08. The topological polar surface area (TPSA) is 61.8 Å². The predicted molar refractivity (Wildman–Crippen MR) is 89.7 cm³/mol. The molecule has 5 heteroatoms. The highest BCUT2D eigenvalue weighted by Crippen LogP contribution is 2.62. The number of fused-ring (bicyclic) bond motifs is 2. The molecule has 3 atom stereocenters. The third kappa shape index (κ3) is 1.42. The molecule has 1 aromatic carbocycles. The van der Waals surface area contributed by atoms with Gasteiger partial charge in [-0.05, 0) is 37.1 Å². The van der Waals surface area contributed by atoms with E-state index in [0.29, 0.717) is 6.04 Å². The Morgan fingerprint density at radius 3 is 3.08 bits per heavy atom. The van der Waals surface area contributed by atoms with E-state index in [2.05, 4.69) is 16.3 Å². The molecular formula is C19H20N2O3. The van der Waals surface area contributed by atoms with E-state index < -0.39 is 0 Å². The number of piperidine rings is 1. The van der Waals surface area contributed by atoms with E-state index in [-0.39, 0.29) is 23.1 Å². The van der Waals surface area contributed by atoms with Crippen molar-refractivity contribution < 1.29 is 14.6 Å². The van der Waals surface area contributed by atoms with Gasteiger partial charge in [0.2, 0.25) is 0 Å². The fourth-order valence-electron chi connectivity index (χ4n) is 5.30. The summed E-state index contributed by atoms with van der Waals surface area (Å²) < 4.78 is 5.14. The summed E-state index contributed by atoms with van der Waals surface area (Å²) in [5.74, 6) is 0.163. The normalized spacial score (nSPS) is 34.3. The summed E-state index contributed by atoms with van der Waals surface area (Å²) in [6.45, 7) is 3.84. The number of nitrogens with zero attached hydrogens (tertiary/aromatic N) is 1. The zero-order valence-corrected chi connectivity index (χ0v) is 13.8. The molecule has 3 aliphatic heterocycles. The highest BCUT2D eigenvalue weighted by atomic mass is 16.5. The summed E-state index contributed by atoms with van der Waals surface area (Å²) in [6, 6.07) is 5.83. The molecule has 1 spiro atoms. The lowest BCUT2D eigenvalue weighted by Gasteiger charge is -2.63. The Labute approximate surface area is 140 Å².